The molecule has 0 spiro atoms. The molecule has 0 aliphatic carbocycles. The lowest BCUT2D eigenvalue weighted by atomic mass is 10.3. The van der Waals surface area contributed by atoms with Crippen LogP contribution in [0.5, 0.6) is 0 Å². The van der Waals surface area contributed by atoms with E-state index in [1.165, 1.54) is 0 Å². The molecule has 0 saturated heterocycles. The summed E-state index contributed by atoms with van der Waals surface area (Å²) in [5.41, 5.74) is 0. The lowest BCUT2D eigenvalue weighted by Crippen LogP contribution is -2.26. The first-order valence-electron chi connectivity index (χ1n) is 2.64. The molecular weight excluding hydrogens is 174 g/mol. The molecule has 0 rings (SSSR count). The van der Waals surface area contributed by atoms with E-state index in [0.29, 0.717) is 5.75 Å². The first-order chi connectivity index (χ1) is 4.72. The Hall–Kier alpha value is 0.220. The third-order valence-electron chi connectivity index (χ3n) is 0.929. The van der Waals surface area contributed by atoms with Crippen molar-refractivity contribution in [1.82, 2.24) is 0 Å². The molecule has 10 heavy (non-hydrogen) atoms. The zero-order valence-electron chi connectivity index (χ0n) is 5.17. The van der Waals surface area contributed by atoms with Crippen molar-refractivity contribution in [2.24, 2.45) is 4.58 Å². The molecule has 0 heterocycles. The smallest absolute Gasteiger partial charge is 0.0895 e. The van der Waals surface area contributed by atoms with Crippen LogP contribution in [-0.4, -0.2) is 33.9 Å². The highest BCUT2D eigenvalue weighted by molar-refractivity contribution is 7.98. The van der Waals surface area contributed by atoms with Crippen LogP contribution in [-0.2, 0) is 0 Å². The summed E-state index contributed by atoms with van der Waals surface area (Å²) in [6.45, 7) is -0.340. The van der Waals surface area contributed by atoms with Gasteiger partial charge in [0.15, 0.2) is 0 Å². The van der Waals surface area contributed by atoms with Crippen molar-refractivity contribution in [3.63, 3.8) is 0 Å². The molecular formula is C4H9NO3S2. The lowest BCUT2D eigenvalue weighted by molar-refractivity contribution is 0.0978. The Balaban J connectivity index is 3.40. The molecule has 0 saturated carbocycles. The van der Waals surface area contributed by atoms with Gasteiger partial charge in [0.1, 0.15) is 0 Å². The Labute approximate surface area is 68.5 Å². The zero-order chi connectivity index (χ0) is 7.98. The van der Waals surface area contributed by atoms with Gasteiger partial charge in [-0.25, -0.2) is 0 Å². The minimum Gasteiger partial charge on any atom is -0.394 e. The fourth-order valence-corrected chi connectivity index (χ4v) is 1.07. The number of rotatable bonds is 5. The summed E-state index contributed by atoms with van der Waals surface area (Å²) in [5, 5.41) is 16.9. The normalized spacial score (nSPS) is 16.3. The average Bonchev–Trinajstić information content (AvgIpc) is 1.98. The molecule has 4 nitrogen and oxygen atoms in total. The topological polar surface area (TPSA) is 69.9 Å². The minimum absolute atomic E-state index is 0.314. The summed E-state index contributed by atoms with van der Waals surface area (Å²) in [5.74, 6) is 0.314. The third-order valence-corrected chi connectivity index (χ3v) is 2.32. The van der Waals surface area contributed by atoms with Crippen LogP contribution in [0.3, 0.4) is 0 Å². The number of aliphatic hydroxyl groups excluding tert-OH is 2. The summed E-state index contributed by atoms with van der Waals surface area (Å²) >= 11 is 4.69. The fraction of sp³-hybridized carbons (Fsp3) is 1.00. The number of hydrogen-bond acceptors (Lipinski definition) is 6. The maximum absolute atomic E-state index is 9.56. The van der Waals surface area contributed by atoms with Crippen LogP contribution in [0, 0.1) is 4.91 Å². The second kappa shape index (κ2) is 5.96. The van der Waals surface area contributed by atoms with Crippen LogP contribution in [0.2, 0.25) is 0 Å². The molecule has 6 heteroatoms. The maximum atomic E-state index is 9.56. The van der Waals surface area contributed by atoms with E-state index in [2.05, 4.69) is 17.2 Å². The molecule has 60 valence electrons. The fourth-order valence-electron chi connectivity index (χ4n) is 0.340. The first-order valence-corrected chi connectivity index (χ1v) is 4.10. The standard InChI is InChI=1S/C4H9NO3S2/c6-1-3(7)4(9)2-10-5-8/h3-4,6-7,9H,1-2H2/t3-,4-/m1/s1. The molecule has 0 amide bonds. The molecule has 2 N–H and O–H groups in total. The Morgan fingerprint density at radius 2 is 2.30 bits per heavy atom. The quantitative estimate of drug-likeness (QED) is 0.320. The molecule has 0 aromatic heterocycles. The van der Waals surface area contributed by atoms with E-state index in [1.54, 1.807) is 0 Å². The van der Waals surface area contributed by atoms with E-state index in [9.17, 15) is 4.91 Å². The zero-order valence-corrected chi connectivity index (χ0v) is 6.89. The van der Waals surface area contributed by atoms with E-state index in [-0.39, 0.29) is 6.61 Å². The van der Waals surface area contributed by atoms with Crippen molar-refractivity contribution in [3.05, 3.63) is 4.91 Å². The number of nitrogens with zero attached hydrogens (tertiary/aromatic N) is 1. The van der Waals surface area contributed by atoms with Crippen molar-refractivity contribution in [2.45, 2.75) is 11.4 Å². The summed E-state index contributed by atoms with van der Waals surface area (Å²) in [6.07, 6.45) is -0.877. The highest BCUT2D eigenvalue weighted by atomic mass is 32.2. The third kappa shape index (κ3) is 4.10. The molecule has 2 atom stereocenters. The Morgan fingerprint density at radius 1 is 1.70 bits per heavy atom. The van der Waals surface area contributed by atoms with Crippen LogP contribution in [0.4, 0.5) is 0 Å². The Morgan fingerprint density at radius 3 is 2.70 bits per heavy atom. The van der Waals surface area contributed by atoms with Crippen LogP contribution in [0.1, 0.15) is 0 Å². The largest absolute Gasteiger partial charge is 0.394 e. The predicted octanol–water partition coefficient (Wildman–Crippen LogP) is 0.0526. The van der Waals surface area contributed by atoms with Gasteiger partial charge in [-0.15, -0.1) is 4.91 Å². The summed E-state index contributed by atoms with van der Waals surface area (Å²) < 4.78 is 2.52. The van der Waals surface area contributed by atoms with Gasteiger partial charge >= 0.3 is 0 Å². The Kier molecular flexibility index (Phi) is 6.10. The number of hydrogen-bond donors (Lipinski definition) is 3. The highest BCUT2D eigenvalue weighted by Gasteiger charge is 2.13. The van der Waals surface area contributed by atoms with Gasteiger partial charge in [0, 0.05) is 27.5 Å². The van der Waals surface area contributed by atoms with Crippen molar-refractivity contribution >= 4 is 24.6 Å². The molecule has 0 aromatic rings. The van der Waals surface area contributed by atoms with Crippen LogP contribution in [0.15, 0.2) is 4.58 Å². The Bertz CT molecular complexity index is 103. The molecule has 0 aliphatic rings. The van der Waals surface area contributed by atoms with E-state index >= 15 is 0 Å². The van der Waals surface area contributed by atoms with Crippen LogP contribution in [0.25, 0.3) is 0 Å². The van der Waals surface area contributed by atoms with Gasteiger partial charge in [0.05, 0.1) is 12.7 Å². The van der Waals surface area contributed by atoms with Crippen molar-refractivity contribution in [2.75, 3.05) is 12.4 Å². The average molecular weight is 183 g/mol. The summed E-state index contributed by atoms with van der Waals surface area (Å²) in [6, 6.07) is 0. The van der Waals surface area contributed by atoms with E-state index < -0.39 is 11.4 Å². The monoisotopic (exact) mass is 183 g/mol. The molecule has 0 radical (unpaired) electrons. The first kappa shape index (κ1) is 10.2. The summed E-state index contributed by atoms with van der Waals surface area (Å²) in [4.78, 5) is 9.56. The lowest BCUT2D eigenvalue weighted by Gasteiger charge is -2.12. The molecule has 0 aliphatic heterocycles. The maximum Gasteiger partial charge on any atom is 0.0895 e. The van der Waals surface area contributed by atoms with Crippen molar-refractivity contribution < 1.29 is 10.2 Å². The van der Waals surface area contributed by atoms with Gasteiger partial charge in [-0.2, -0.15) is 12.6 Å². The van der Waals surface area contributed by atoms with Gasteiger partial charge in [-0.05, 0) is 0 Å². The highest BCUT2D eigenvalue weighted by Crippen LogP contribution is 2.11. The molecule has 0 aromatic carbocycles. The van der Waals surface area contributed by atoms with E-state index in [1.807, 2.05) is 0 Å². The SMILES string of the molecule is O=NSC[C@@H](S)[C@H](O)CO. The molecule has 0 bridgehead atoms. The minimum atomic E-state index is -0.877. The predicted molar refractivity (Wildman–Crippen MR) is 44.1 cm³/mol. The van der Waals surface area contributed by atoms with Gasteiger partial charge in [-0.3, -0.25) is 0 Å². The van der Waals surface area contributed by atoms with Crippen LogP contribution < -0.4 is 0 Å². The number of thiol groups is 1. The van der Waals surface area contributed by atoms with Gasteiger partial charge in [0.25, 0.3) is 0 Å². The van der Waals surface area contributed by atoms with E-state index in [0.717, 1.165) is 11.9 Å². The van der Waals surface area contributed by atoms with Gasteiger partial charge < -0.3 is 10.2 Å². The number of nitroso groups, excluding NO2 is 1. The van der Waals surface area contributed by atoms with Gasteiger partial charge in [0.2, 0.25) is 0 Å². The summed E-state index contributed by atoms with van der Waals surface area (Å²) in [7, 11) is 0. The second-order valence-corrected chi connectivity index (χ2v) is 3.09. The molecule has 0 fully saturated rings. The number of aliphatic hydroxyl groups is 2. The second-order valence-electron chi connectivity index (χ2n) is 1.69. The van der Waals surface area contributed by atoms with Gasteiger partial charge in [-0.1, -0.05) is 0 Å². The van der Waals surface area contributed by atoms with Crippen molar-refractivity contribution in [3.8, 4) is 0 Å². The van der Waals surface area contributed by atoms with Crippen molar-refractivity contribution in [1.29, 1.82) is 0 Å². The van der Waals surface area contributed by atoms with E-state index in [4.69, 9.17) is 10.2 Å². The molecule has 0 unspecified atom stereocenters. The van der Waals surface area contributed by atoms with Crippen LogP contribution >= 0.6 is 24.6 Å².